The molecular formula is C22H26N2O2. The van der Waals surface area contributed by atoms with Crippen molar-refractivity contribution in [1.29, 1.82) is 0 Å². The SMILES string of the molecule is Cc1cccc(CN2CC(CNC(=O)c3cc(C)ccc3C)CC2=O)c1. The summed E-state index contributed by atoms with van der Waals surface area (Å²) in [6.07, 6.45) is 0.499. The molecule has 1 fully saturated rings. The average molecular weight is 350 g/mol. The number of rotatable bonds is 5. The molecule has 1 N–H and O–H groups in total. The van der Waals surface area contributed by atoms with Crippen LogP contribution in [0.15, 0.2) is 42.5 Å². The smallest absolute Gasteiger partial charge is 0.251 e. The van der Waals surface area contributed by atoms with Crippen molar-refractivity contribution in [3.8, 4) is 0 Å². The summed E-state index contributed by atoms with van der Waals surface area (Å²) in [4.78, 5) is 26.6. The van der Waals surface area contributed by atoms with Crippen LogP contribution in [-0.4, -0.2) is 29.8 Å². The molecule has 0 saturated carbocycles. The second kappa shape index (κ2) is 7.73. The van der Waals surface area contributed by atoms with Crippen molar-refractivity contribution in [3.63, 3.8) is 0 Å². The molecule has 1 atom stereocenters. The molecule has 0 radical (unpaired) electrons. The maximum atomic E-state index is 12.5. The van der Waals surface area contributed by atoms with Gasteiger partial charge in [0.15, 0.2) is 0 Å². The van der Waals surface area contributed by atoms with E-state index in [0.29, 0.717) is 31.6 Å². The number of benzene rings is 2. The summed E-state index contributed by atoms with van der Waals surface area (Å²) in [5.41, 5.74) is 5.11. The third-order valence-corrected chi connectivity index (χ3v) is 4.94. The normalized spacial score (nSPS) is 16.8. The molecule has 0 aromatic heterocycles. The summed E-state index contributed by atoms with van der Waals surface area (Å²) in [5, 5.41) is 3.01. The van der Waals surface area contributed by atoms with Crippen LogP contribution in [0.1, 0.15) is 39.0 Å². The standard InChI is InChI=1S/C22H26N2O2/c1-15-5-4-6-18(9-15)13-24-14-19(11-21(24)25)12-23-22(26)20-10-16(2)7-8-17(20)3/h4-10,19H,11-14H2,1-3H3,(H,23,26). The summed E-state index contributed by atoms with van der Waals surface area (Å²) in [6.45, 7) is 7.84. The van der Waals surface area contributed by atoms with Gasteiger partial charge in [-0.25, -0.2) is 0 Å². The fourth-order valence-electron chi connectivity index (χ4n) is 3.49. The number of hydrogen-bond acceptors (Lipinski definition) is 2. The third kappa shape index (κ3) is 4.31. The minimum Gasteiger partial charge on any atom is -0.352 e. The molecule has 2 aromatic carbocycles. The molecule has 1 aliphatic rings. The van der Waals surface area contributed by atoms with Gasteiger partial charge in [0.1, 0.15) is 0 Å². The number of nitrogens with one attached hydrogen (secondary N) is 1. The highest BCUT2D eigenvalue weighted by Gasteiger charge is 2.29. The minimum absolute atomic E-state index is 0.0595. The number of amides is 2. The number of hydrogen-bond donors (Lipinski definition) is 1. The lowest BCUT2D eigenvalue weighted by molar-refractivity contribution is -0.128. The fourth-order valence-corrected chi connectivity index (χ4v) is 3.49. The molecule has 2 aromatic rings. The lowest BCUT2D eigenvalue weighted by atomic mass is 10.0. The first-order valence-corrected chi connectivity index (χ1v) is 9.11. The van der Waals surface area contributed by atoms with Crippen molar-refractivity contribution in [1.82, 2.24) is 10.2 Å². The molecule has 26 heavy (non-hydrogen) atoms. The van der Waals surface area contributed by atoms with E-state index in [4.69, 9.17) is 0 Å². The third-order valence-electron chi connectivity index (χ3n) is 4.94. The van der Waals surface area contributed by atoms with E-state index in [9.17, 15) is 9.59 Å². The van der Waals surface area contributed by atoms with E-state index in [0.717, 1.165) is 16.7 Å². The maximum absolute atomic E-state index is 12.5. The maximum Gasteiger partial charge on any atom is 0.251 e. The second-order valence-electron chi connectivity index (χ2n) is 7.36. The summed E-state index contributed by atoms with van der Waals surface area (Å²) >= 11 is 0. The monoisotopic (exact) mass is 350 g/mol. The van der Waals surface area contributed by atoms with Crippen molar-refractivity contribution in [3.05, 3.63) is 70.3 Å². The molecule has 1 heterocycles. The van der Waals surface area contributed by atoms with Crippen LogP contribution in [0.5, 0.6) is 0 Å². The first kappa shape index (κ1) is 18.2. The zero-order chi connectivity index (χ0) is 18.7. The Morgan fingerprint density at radius 1 is 1.12 bits per heavy atom. The molecular weight excluding hydrogens is 324 g/mol. The summed E-state index contributed by atoms with van der Waals surface area (Å²) in [7, 11) is 0. The number of aryl methyl sites for hydroxylation is 3. The van der Waals surface area contributed by atoms with E-state index in [1.54, 1.807) is 0 Å². The van der Waals surface area contributed by atoms with E-state index in [-0.39, 0.29) is 17.7 Å². The van der Waals surface area contributed by atoms with Crippen LogP contribution in [-0.2, 0) is 11.3 Å². The Morgan fingerprint density at radius 3 is 2.65 bits per heavy atom. The van der Waals surface area contributed by atoms with Gasteiger partial charge in [-0.2, -0.15) is 0 Å². The number of carbonyl (C=O) groups is 2. The second-order valence-corrected chi connectivity index (χ2v) is 7.36. The zero-order valence-electron chi connectivity index (χ0n) is 15.7. The zero-order valence-corrected chi connectivity index (χ0v) is 15.7. The molecule has 3 rings (SSSR count). The Hall–Kier alpha value is -2.62. The lowest BCUT2D eigenvalue weighted by Gasteiger charge is -2.17. The van der Waals surface area contributed by atoms with Crippen LogP contribution in [0.3, 0.4) is 0 Å². The van der Waals surface area contributed by atoms with Crippen LogP contribution in [0.4, 0.5) is 0 Å². The van der Waals surface area contributed by atoms with Gasteiger partial charge in [0.25, 0.3) is 5.91 Å². The van der Waals surface area contributed by atoms with Gasteiger partial charge in [-0.05, 0) is 38.0 Å². The molecule has 0 bridgehead atoms. The van der Waals surface area contributed by atoms with Crippen LogP contribution < -0.4 is 5.32 Å². The average Bonchev–Trinajstić information content (AvgIpc) is 2.94. The Labute approximate surface area is 155 Å². The quantitative estimate of drug-likeness (QED) is 0.899. The summed E-state index contributed by atoms with van der Waals surface area (Å²) in [6, 6.07) is 14.1. The minimum atomic E-state index is -0.0595. The Bertz CT molecular complexity index is 829. The number of carbonyl (C=O) groups excluding carboxylic acids is 2. The Balaban J connectivity index is 1.56. The largest absolute Gasteiger partial charge is 0.352 e. The molecule has 0 aliphatic carbocycles. The molecule has 4 nitrogen and oxygen atoms in total. The number of likely N-dealkylation sites (tertiary alicyclic amines) is 1. The van der Waals surface area contributed by atoms with Gasteiger partial charge in [-0.1, -0.05) is 47.5 Å². The van der Waals surface area contributed by atoms with E-state index < -0.39 is 0 Å². The van der Waals surface area contributed by atoms with Gasteiger partial charge >= 0.3 is 0 Å². The van der Waals surface area contributed by atoms with Crippen LogP contribution in [0.2, 0.25) is 0 Å². The lowest BCUT2D eigenvalue weighted by Crippen LogP contribution is -2.31. The molecule has 4 heteroatoms. The van der Waals surface area contributed by atoms with Crippen molar-refractivity contribution in [2.24, 2.45) is 5.92 Å². The summed E-state index contributed by atoms with van der Waals surface area (Å²) < 4.78 is 0. The van der Waals surface area contributed by atoms with Crippen molar-refractivity contribution >= 4 is 11.8 Å². The van der Waals surface area contributed by atoms with E-state index in [1.165, 1.54) is 5.56 Å². The highest BCUT2D eigenvalue weighted by molar-refractivity contribution is 5.95. The highest BCUT2D eigenvalue weighted by Crippen LogP contribution is 2.20. The van der Waals surface area contributed by atoms with Gasteiger partial charge < -0.3 is 10.2 Å². The van der Waals surface area contributed by atoms with E-state index in [2.05, 4.69) is 30.4 Å². The fraction of sp³-hybridized carbons (Fsp3) is 0.364. The molecule has 136 valence electrons. The summed E-state index contributed by atoms with van der Waals surface area (Å²) in [5.74, 6) is 0.273. The Morgan fingerprint density at radius 2 is 1.88 bits per heavy atom. The van der Waals surface area contributed by atoms with Crippen LogP contribution in [0.25, 0.3) is 0 Å². The van der Waals surface area contributed by atoms with Crippen LogP contribution >= 0.6 is 0 Å². The molecule has 0 spiro atoms. The van der Waals surface area contributed by atoms with Gasteiger partial charge in [-0.3, -0.25) is 9.59 Å². The van der Waals surface area contributed by atoms with E-state index >= 15 is 0 Å². The molecule has 1 saturated heterocycles. The number of nitrogens with zero attached hydrogens (tertiary/aromatic N) is 1. The van der Waals surface area contributed by atoms with Gasteiger partial charge in [0.2, 0.25) is 5.91 Å². The molecule has 1 unspecified atom stereocenters. The predicted octanol–water partition coefficient (Wildman–Crippen LogP) is 3.39. The van der Waals surface area contributed by atoms with Crippen molar-refractivity contribution < 1.29 is 9.59 Å². The van der Waals surface area contributed by atoms with Gasteiger partial charge in [0.05, 0.1) is 0 Å². The first-order chi connectivity index (χ1) is 12.4. The van der Waals surface area contributed by atoms with Crippen molar-refractivity contribution in [2.45, 2.75) is 33.7 Å². The highest BCUT2D eigenvalue weighted by atomic mass is 16.2. The predicted molar refractivity (Wildman–Crippen MR) is 103 cm³/mol. The van der Waals surface area contributed by atoms with Gasteiger partial charge in [-0.15, -0.1) is 0 Å². The topological polar surface area (TPSA) is 49.4 Å². The van der Waals surface area contributed by atoms with E-state index in [1.807, 2.05) is 43.0 Å². The molecule has 1 aliphatic heterocycles. The molecule has 2 amide bonds. The van der Waals surface area contributed by atoms with Gasteiger partial charge in [0, 0.05) is 37.5 Å². The van der Waals surface area contributed by atoms with Crippen LogP contribution in [0, 0.1) is 26.7 Å². The van der Waals surface area contributed by atoms with Crippen molar-refractivity contribution in [2.75, 3.05) is 13.1 Å². The first-order valence-electron chi connectivity index (χ1n) is 9.11. The Kier molecular flexibility index (Phi) is 5.40.